The van der Waals surface area contributed by atoms with Crippen LogP contribution in [-0.4, -0.2) is 31.6 Å². The van der Waals surface area contributed by atoms with Gasteiger partial charge < -0.3 is 10.5 Å². The summed E-state index contributed by atoms with van der Waals surface area (Å²) in [6, 6.07) is 4.82. The number of anilines is 1. The molecule has 0 radical (unpaired) electrons. The maximum absolute atomic E-state index is 11.8. The predicted molar refractivity (Wildman–Crippen MR) is 70.7 cm³/mol. The minimum absolute atomic E-state index is 0.137. The van der Waals surface area contributed by atoms with Gasteiger partial charge in [-0.15, -0.1) is 0 Å². The summed E-state index contributed by atoms with van der Waals surface area (Å²) in [4.78, 5) is 24.7. The van der Waals surface area contributed by atoms with E-state index in [0.717, 1.165) is 4.90 Å². The zero-order valence-electron chi connectivity index (χ0n) is 9.98. The Bertz CT molecular complexity index is 573. The molecule has 0 aliphatic carbocycles. The summed E-state index contributed by atoms with van der Waals surface area (Å²) in [5.74, 6) is 4.63. The van der Waals surface area contributed by atoms with Gasteiger partial charge in [0, 0.05) is 10.6 Å². The van der Waals surface area contributed by atoms with E-state index in [1.807, 2.05) is 0 Å². The second kappa shape index (κ2) is 5.85. The lowest BCUT2D eigenvalue weighted by atomic mass is 10.1. The smallest absolute Gasteiger partial charge is 0.259 e. The van der Waals surface area contributed by atoms with Crippen LogP contribution in [0, 0.1) is 11.8 Å². The van der Waals surface area contributed by atoms with E-state index >= 15 is 0 Å². The number of nitrogens with zero attached hydrogens (tertiary/aromatic N) is 1. The number of benzene rings is 1. The minimum atomic E-state index is -0.436. The summed E-state index contributed by atoms with van der Waals surface area (Å²) in [5, 5.41) is 0.417. The van der Waals surface area contributed by atoms with Crippen molar-refractivity contribution >= 4 is 29.1 Å². The molecule has 5 nitrogen and oxygen atoms in total. The molecule has 2 rings (SSSR count). The Balaban J connectivity index is 2.49. The average Bonchev–Trinajstić information content (AvgIpc) is 2.37. The molecule has 0 saturated carbocycles. The van der Waals surface area contributed by atoms with Crippen LogP contribution in [0.1, 0.15) is 5.56 Å². The summed E-state index contributed by atoms with van der Waals surface area (Å²) >= 11 is 5.91. The van der Waals surface area contributed by atoms with Crippen molar-refractivity contribution in [2.45, 2.75) is 0 Å². The Morgan fingerprint density at radius 1 is 1.32 bits per heavy atom. The van der Waals surface area contributed by atoms with Crippen molar-refractivity contribution < 1.29 is 14.3 Å². The molecule has 1 aromatic carbocycles. The van der Waals surface area contributed by atoms with Crippen LogP contribution in [0.4, 0.5) is 5.69 Å². The second-order valence-corrected chi connectivity index (χ2v) is 4.22. The third-order valence-electron chi connectivity index (χ3n) is 2.48. The van der Waals surface area contributed by atoms with E-state index in [2.05, 4.69) is 11.8 Å². The molecule has 1 heterocycles. The molecule has 0 bridgehead atoms. The first kappa shape index (κ1) is 13.6. The molecule has 2 amide bonds. The highest BCUT2D eigenvalue weighted by molar-refractivity contribution is 6.31. The number of rotatable bonds is 1. The normalized spacial score (nSPS) is 15.2. The molecule has 1 fully saturated rings. The summed E-state index contributed by atoms with van der Waals surface area (Å²) in [6.45, 7) is -0.0862. The van der Waals surface area contributed by atoms with Crippen LogP contribution in [0.25, 0.3) is 0 Å². The molecule has 2 N–H and O–H groups in total. The second-order valence-electron chi connectivity index (χ2n) is 3.78. The van der Waals surface area contributed by atoms with E-state index in [0.29, 0.717) is 16.3 Å². The number of hydrogen-bond acceptors (Lipinski definition) is 4. The number of carbonyl (C=O) groups excluding carboxylic acids is 2. The summed E-state index contributed by atoms with van der Waals surface area (Å²) in [5.41, 5.74) is 6.22. The molecule has 98 valence electrons. The van der Waals surface area contributed by atoms with Gasteiger partial charge in [0.25, 0.3) is 11.8 Å². The van der Waals surface area contributed by atoms with Crippen LogP contribution in [0.5, 0.6) is 0 Å². The third kappa shape index (κ3) is 2.93. The van der Waals surface area contributed by atoms with Crippen molar-refractivity contribution in [3.05, 3.63) is 28.8 Å². The summed E-state index contributed by atoms with van der Waals surface area (Å²) < 4.78 is 4.87. The minimum Gasteiger partial charge on any atom is -0.362 e. The third-order valence-corrected chi connectivity index (χ3v) is 2.71. The van der Waals surface area contributed by atoms with E-state index in [-0.39, 0.29) is 19.8 Å². The fraction of sp³-hybridized carbons (Fsp3) is 0.231. The molecule has 0 unspecified atom stereocenters. The largest absolute Gasteiger partial charge is 0.362 e. The van der Waals surface area contributed by atoms with Crippen molar-refractivity contribution in [3.8, 4) is 11.8 Å². The Labute approximate surface area is 115 Å². The Morgan fingerprint density at radius 2 is 2.00 bits per heavy atom. The number of morpholine rings is 1. The predicted octanol–water partition coefficient (Wildman–Crippen LogP) is 0.540. The van der Waals surface area contributed by atoms with E-state index in [4.69, 9.17) is 22.1 Å². The molecular formula is C13H11ClN2O3. The van der Waals surface area contributed by atoms with Gasteiger partial charge in [0.1, 0.15) is 13.2 Å². The molecular weight excluding hydrogens is 268 g/mol. The van der Waals surface area contributed by atoms with E-state index in [1.54, 1.807) is 12.1 Å². The molecule has 1 aliphatic heterocycles. The number of nitrogens with two attached hydrogens (primary N) is 1. The molecule has 1 aliphatic rings. The van der Waals surface area contributed by atoms with Crippen LogP contribution in [0.3, 0.4) is 0 Å². The highest BCUT2D eigenvalue weighted by atomic mass is 35.5. The number of hydrogen-bond donors (Lipinski definition) is 1. The van der Waals surface area contributed by atoms with Gasteiger partial charge in [0.15, 0.2) is 0 Å². The number of halogens is 1. The topological polar surface area (TPSA) is 72.6 Å². The van der Waals surface area contributed by atoms with Crippen molar-refractivity contribution in [2.75, 3.05) is 24.7 Å². The van der Waals surface area contributed by atoms with E-state index < -0.39 is 11.8 Å². The quantitative estimate of drug-likeness (QED) is 0.601. The number of imide groups is 1. The Morgan fingerprint density at radius 3 is 2.63 bits per heavy atom. The SMILES string of the molecule is NCC#Cc1ccc(Cl)cc1N1C(=O)COCC1=O. The van der Waals surface area contributed by atoms with Crippen molar-refractivity contribution in [1.82, 2.24) is 0 Å². The number of ether oxygens (including phenoxy) is 1. The highest BCUT2D eigenvalue weighted by Gasteiger charge is 2.29. The Kier molecular flexibility index (Phi) is 4.17. The van der Waals surface area contributed by atoms with Crippen molar-refractivity contribution in [2.24, 2.45) is 5.73 Å². The van der Waals surface area contributed by atoms with Gasteiger partial charge in [0.2, 0.25) is 0 Å². The summed E-state index contributed by atoms with van der Waals surface area (Å²) in [7, 11) is 0. The van der Waals surface area contributed by atoms with E-state index in [9.17, 15) is 9.59 Å². The van der Waals surface area contributed by atoms with Crippen LogP contribution >= 0.6 is 11.6 Å². The average molecular weight is 279 g/mol. The molecule has 0 aromatic heterocycles. The maximum Gasteiger partial charge on any atom is 0.259 e. The van der Waals surface area contributed by atoms with Crippen molar-refractivity contribution in [1.29, 1.82) is 0 Å². The zero-order chi connectivity index (χ0) is 13.8. The zero-order valence-corrected chi connectivity index (χ0v) is 10.7. The van der Waals surface area contributed by atoms with Gasteiger partial charge in [-0.1, -0.05) is 23.4 Å². The standard InChI is InChI=1S/C13H11ClN2O3/c14-10-4-3-9(2-1-5-15)11(6-10)16-12(17)7-19-8-13(16)18/h3-4,6H,5,7-8,15H2. The Hall–Kier alpha value is -1.87. The van der Waals surface area contributed by atoms with E-state index in [1.165, 1.54) is 6.07 Å². The number of amides is 2. The molecule has 1 saturated heterocycles. The lowest BCUT2D eigenvalue weighted by Crippen LogP contribution is -2.46. The highest BCUT2D eigenvalue weighted by Crippen LogP contribution is 2.26. The fourth-order valence-electron chi connectivity index (χ4n) is 1.70. The first-order valence-electron chi connectivity index (χ1n) is 5.55. The summed E-state index contributed by atoms with van der Waals surface area (Å²) in [6.07, 6.45) is 0. The molecule has 19 heavy (non-hydrogen) atoms. The molecule has 1 aromatic rings. The lowest BCUT2D eigenvalue weighted by Gasteiger charge is -2.26. The lowest BCUT2D eigenvalue weighted by molar-refractivity contribution is -0.138. The van der Waals surface area contributed by atoms with Gasteiger partial charge in [-0.05, 0) is 18.2 Å². The fourth-order valence-corrected chi connectivity index (χ4v) is 1.87. The van der Waals surface area contributed by atoms with Crippen LogP contribution in [-0.2, 0) is 14.3 Å². The molecule has 0 spiro atoms. The van der Waals surface area contributed by atoms with Crippen LogP contribution in [0.2, 0.25) is 5.02 Å². The van der Waals surface area contributed by atoms with Gasteiger partial charge >= 0.3 is 0 Å². The maximum atomic E-state index is 11.8. The van der Waals surface area contributed by atoms with Gasteiger partial charge in [-0.3, -0.25) is 9.59 Å². The molecule has 0 atom stereocenters. The molecule has 6 heteroatoms. The van der Waals surface area contributed by atoms with Gasteiger partial charge in [0.05, 0.1) is 12.2 Å². The number of carbonyl (C=O) groups is 2. The van der Waals surface area contributed by atoms with Crippen LogP contribution < -0.4 is 10.6 Å². The van der Waals surface area contributed by atoms with Crippen molar-refractivity contribution in [3.63, 3.8) is 0 Å². The van der Waals surface area contributed by atoms with Crippen LogP contribution in [0.15, 0.2) is 18.2 Å². The van der Waals surface area contributed by atoms with Gasteiger partial charge in [-0.2, -0.15) is 0 Å². The monoisotopic (exact) mass is 278 g/mol. The van der Waals surface area contributed by atoms with Gasteiger partial charge in [-0.25, -0.2) is 4.90 Å². The first-order chi connectivity index (χ1) is 9.13. The first-order valence-corrected chi connectivity index (χ1v) is 5.93.